The van der Waals surface area contributed by atoms with Crippen LogP contribution in [0.15, 0.2) is 133 Å². The van der Waals surface area contributed by atoms with E-state index < -0.39 is 7.12 Å². The molecule has 0 saturated heterocycles. The maximum absolute atomic E-state index is 11.6. The first-order valence-electron chi connectivity index (χ1n) is 30.8. The monoisotopic (exact) mass is 1130 g/mol. The zero-order valence-electron chi connectivity index (χ0n) is 52.4. The van der Waals surface area contributed by atoms with E-state index in [-0.39, 0.29) is 32.8 Å². The molecular weight excluding hydrogens is 1030 g/mol. The first-order valence-corrected chi connectivity index (χ1v) is 30.8. The number of hydrogen-bond donors (Lipinski definition) is 3. The van der Waals surface area contributed by atoms with E-state index in [1.54, 1.807) is 28.5 Å². The van der Waals surface area contributed by atoms with Crippen molar-refractivity contribution in [1.82, 2.24) is 14.7 Å². The SMILES string of the molecule is C.C=C1c2ccccc2CN1C(C)C.CB1c2ccc(C(C)C)cc2C=NN1C(=O)CN.CC(C)N1CCc2ccccc2C1.CC(C)c1ccc2c(c1)C(CN)OB2O.CC(C)c1ccc2c(c1)CCO2.CC(C)c1cccc2c1CCC2. The Labute approximate surface area is 507 Å². The van der Waals surface area contributed by atoms with Gasteiger partial charge in [-0.3, -0.25) is 14.6 Å². The number of carbonyl (C=O) groups excluding carboxylic acids is 1. The number of hydrazone groups is 1. The van der Waals surface area contributed by atoms with Crippen molar-refractivity contribution in [2.24, 2.45) is 16.6 Å². The Morgan fingerprint density at radius 1 is 0.667 bits per heavy atom. The van der Waals surface area contributed by atoms with Crippen molar-refractivity contribution in [3.05, 3.63) is 200 Å². The predicted octanol–water partition coefficient (Wildman–Crippen LogP) is 13.3. The number of aryl methyl sites for hydroxylation is 1. The van der Waals surface area contributed by atoms with Crippen molar-refractivity contribution in [3.8, 4) is 5.75 Å². The molecule has 1 aliphatic carbocycles. The molecule has 6 aliphatic rings. The second kappa shape index (κ2) is 31.2. The number of fused-ring (bicyclic) bond motifs is 6. The number of amides is 1. The first kappa shape index (κ1) is 66.9. The van der Waals surface area contributed by atoms with Crippen LogP contribution in [0.25, 0.3) is 5.70 Å². The Kier molecular flexibility index (Phi) is 24.8. The fraction of sp³-hybridized carbons (Fsp3) is 0.444. The normalized spacial score (nSPS) is 15.9. The molecule has 0 radical (unpaired) electrons. The minimum absolute atomic E-state index is 0. The van der Waals surface area contributed by atoms with Crippen molar-refractivity contribution < 1.29 is 19.2 Å². The largest absolute Gasteiger partial charge is 0.493 e. The molecule has 84 heavy (non-hydrogen) atoms. The van der Waals surface area contributed by atoms with Crippen LogP contribution in [0.3, 0.4) is 0 Å². The van der Waals surface area contributed by atoms with E-state index >= 15 is 0 Å². The Hall–Kier alpha value is -6.27. The number of rotatable bonds is 8. The molecular formula is C72H100B2N6O4. The van der Waals surface area contributed by atoms with Gasteiger partial charge in [0.1, 0.15) is 5.75 Å². The molecule has 1 amide bonds. The van der Waals surface area contributed by atoms with E-state index in [9.17, 15) is 9.82 Å². The molecule has 0 aromatic heterocycles. The van der Waals surface area contributed by atoms with Crippen LogP contribution < -0.4 is 27.1 Å². The Balaban J connectivity index is 0.000000162. The van der Waals surface area contributed by atoms with Crippen LogP contribution in [-0.2, 0) is 48.2 Å². The van der Waals surface area contributed by atoms with Gasteiger partial charge in [-0.1, -0.05) is 191 Å². The van der Waals surface area contributed by atoms with Gasteiger partial charge in [-0.05, 0) is 161 Å². The lowest BCUT2D eigenvalue weighted by Crippen LogP contribution is -2.51. The minimum Gasteiger partial charge on any atom is -0.493 e. The topological polar surface area (TPSA) is 130 Å². The highest BCUT2D eigenvalue weighted by molar-refractivity contribution is 6.73. The maximum Gasteiger partial charge on any atom is 0.492 e. The highest BCUT2D eigenvalue weighted by atomic mass is 16.5. The molecule has 10 nitrogen and oxygen atoms in total. The van der Waals surface area contributed by atoms with Gasteiger partial charge in [0.05, 0.1) is 25.5 Å². The summed E-state index contributed by atoms with van der Waals surface area (Å²) in [6.07, 6.45) is 7.85. The highest BCUT2D eigenvalue weighted by Crippen LogP contribution is 2.34. The van der Waals surface area contributed by atoms with Crippen molar-refractivity contribution in [1.29, 1.82) is 0 Å². The molecule has 0 fully saturated rings. The number of ether oxygens (including phenoxy) is 1. The minimum atomic E-state index is -0.810. The van der Waals surface area contributed by atoms with Crippen LogP contribution in [0.1, 0.15) is 199 Å². The van der Waals surface area contributed by atoms with E-state index in [0.717, 1.165) is 53.9 Å². The Bertz CT molecular complexity index is 3150. The van der Waals surface area contributed by atoms with Gasteiger partial charge in [0.15, 0.2) is 0 Å². The van der Waals surface area contributed by atoms with Gasteiger partial charge in [-0.25, -0.2) is 0 Å². The fourth-order valence-electron chi connectivity index (χ4n) is 11.7. The lowest BCUT2D eigenvalue weighted by molar-refractivity contribution is -0.125. The summed E-state index contributed by atoms with van der Waals surface area (Å²) in [5, 5.41) is 13.8. The molecule has 12 rings (SSSR count). The van der Waals surface area contributed by atoms with Crippen LogP contribution in [0.4, 0.5) is 0 Å². The van der Waals surface area contributed by atoms with Crippen LogP contribution in [-0.4, -0.2) is 84.2 Å². The summed E-state index contributed by atoms with van der Waals surface area (Å²) in [5.74, 6) is 3.21. The Morgan fingerprint density at radius 3 is 1.92 bits per heavy atom. The number of hydrogen-bond acceptors (Lipinski definition) is 9. The van der Waals surface area contributed by atoms with Gasteiger partial charge < -0.3 is 30.8 Å². The first-order chi connectivity index (χ1) is 39.7. The summed E-state index contributed by atoms with van der Waals surface area (Å²) in [5.41, 5.74) is 32.2. The van der Waals surface area contributed by atoms with Gasteiger partial charge in [-0.15, -0.1) is 0 Å². The van der Waals surface area contributed by atoms with Crippen molar-refractivity contribution in [2.45, 2.75) is 184 Å². The van der Waals surface area contributed by atoms with Crippen molar-refractivity contribution in [2.75, 3.05) is 26.2 Å². The summed E-state index contributed by atoms with van der Waals surface area (Å²) in [4.78, 5) is 18.0. The van der Waals surface area contributed by atoms with Crippen molar-refractivity contribution >= 4 is 42.7 Å². The van der Waals surface area contributed by atoms with Crippen LogP contribution in [0.5, 0.6) is 5.75 Å². The van der Waals surface area contributed by atoms with E-state index in [1.807, 2.05) is 19.0 Å². The summed E-state index contributed by atoms with van der Waals surface area (Å²) in [6, 6.07) is 44.2. The summed E-state index contributed by atoms with van der Waals surface area (Å²) < 4.78 is 10.8. The molecule has 6 aromatic rings. The molecule has 0 bridgehead atoms. The predicted molar refractivity (Wildman–Crippen MR) is 357 cm³/mol. The molecule has 5 aliphatic heterocycles. The second-order valence-electron chi connectivity index (χ2n) is 24.7. The molecule has 0 spiro atoms. The Morgan fingerprint density at radius 2 is 1.29 bits per heavy atom. The maximum atomic E-state index is 11.6. The van der Waals surface area contributed by atoms with Gasteiger partial charge in [0, 0.05) is 55.9 Å². The van der Waals surface area contributed by atoms with Crippen molar-refractivity contribution in [3.63, 3.8) is 0 Å². The summed E-state index contributed by atoms with van der Waals surface area (Å²) in [6.45, 7) is 37.2. The smallest absolute Gasteiger partial charge is 0.492 e. The number of carbonyl (C=O) groups is 1. The van der Waals surface area contributed by atoms with E-state index in [0.29, 0.717) is 42.3 Å². The molecule has 6 aromatic carbocycles. The van der Waals surface area contributed by atoms with Gasteiger partial charge in [0.2, 0.25) is 5.91 Å². The van der Waals surface area contributed by atoms with E-state index in [4.69, 9.17) is 20.9 Å². The lowest BCUT2D eigenvalue weighted by Gasteiger charge is -2.31. The zero-order valence-corrected chi connectivity index (χ0v) is 52.4. The summed E-state index contributed by atoms with van der Waals surface area (Å²) in [7, 11) is -0.810. The van der Waals surface area contributed by atoms with Gasteiger partial charge in [-0.2, -0.15) is 5.10 Å². The quantitative estimate of drug-likeness (QED) is 0.129. The molecule has 5 heterocycles. The third kappa shape index (κ3) is 16.8. The highest BCUT2D eigenvalue weighted by Gasteiger charge is 2.34. The zero-order chi connectivity index (χ0) is 60.1. The fourth-order valence-corrected chi connectivity index (χ4v) is 11.7. The van der Waals surface area contributed by atoms with E-state index in [1.165, 1.54) is 81.8 Å². The summed E-state index contributed by atoms with van der Waals surface area (Å²) >= 11 is 0. The van der Waals surface area contributed by atoms with Crippen LogP contribution >= 0.6 is 0 Å². The van der Waals surface area contributed by atoms with Gasteiger partial charge in [0.25, 0.3) is 0 Å². The molecule has 12 heteroatoms. The third-order valence-electron chi connectivity index (χ3n) is 17.0. The molecule has 1 atom stereocenters. The second-order valence-corrected chi connectivity index (χ2v) is 24.7. The average Bonchev–Trinajstić information content (AvgIpc) is 4.34. The molecule has 448 valence electrons. The standard InChI is InChI=1S/C13H18BN3O.C12H15N.C12H17N.C12H16.C11H16BNO2.C11H14O.CH4/c1-9(2)10-4-5-12-11(6-10)8-16-17(14(12)3)13(18)7-15;1-9(2)13-8-11-6-4-5-7-12(11)10(13)3;1-10(2)13-8-7-11-5-3-4-6-12(11)9-13;1-9(2)11-7-3-5-10-6-4-8-12(10)11;1-7(2)8-3-4-10-9(5-8)11(6-13)15-12(10)14;1-8(2)9-3-4-11-10(7-9)5-6-12-11;/h4-6,8-9H,7,15H2,1-3H3;4-7,9H,3,8H2,1-2H3;3-6,10H,7-9H2,1-2H3;3,5,7,9H,4,6,8H2,1-2H3;3-5,7,11,14H,6,13H2,1-2H3;3-4,7-8H,5-6H2,1-2H3;1H4. The van der Waals surface area contributed by atoms with E-state index in [2.05, 4.69) is 214 Å². The molecule has 1 unspecified atom stereocenters. The third-order valence-corrected chi connectivity index (χ3v) is 17.0. The number of nitrogens with two attached hydrogens (primary N) is 2. The number of nitrogens with zero attached hydrogens (tertiary/aromatic N) is 4. The molecule has 0 saturated carbocycles. The average molecular weight is 1140 g/mol. The number of benzene rings is 6. The molecule has 5 N–H and O–H groups in total. The van der Waals surface area contributed by atoms with Gasteiger partial charge >= 0.3 is 14.0 Å². The van der Waals surface area contributed by atoms with Crippen LogP contribution in [0, 0.1) is 0 Å². The van der Waals surface area contributed by atoms with Crippen LogP contribution in [0.2, 0.25) is 6.82 Å². The lowest BCUT2D eigenvalue weighted by atomic mass is 9.55.